The number of hydrogen-bond acceptors (Lipinski definition) is 4. The molecule has 4 aromatic rings. The first-order valence-electron chi connectivity index (χ1n) is 11.0. The smallest absolute Gasteiger partial charge is 0.253 e. The zero-order chi connectivity index (χ0) is 22.9. The summed E-state index contributed by atoms with van der Waals surface area (Å²) in [6, 6.07) is 17.2. The molecular formula is C26H25ClN4O2. The van der Waals surface area contributed by atoms with Crippen molar-refractivity contribution in [2.75, 3.05) is 20.2 Å². The van der Waals surface area contributed by atoms with Crippen molar-refractivity contribution in [1.29, 1.82) is 0 Å². The first kappa shape index (κ1) is 21.5. The van der Waals surface area contributed by atoms with Crippen LogP contribution in [0.5, 0.6) is 5.75 Å². The van der Waals surface area contributed by atoms with Crippen LogP contribution in [0.1, 0.15) is 34.8 Å². The third-order valence-electron chi connectivity index (χ3n) is 6.37. The highest BCUT2D eigenvalue weighted by Gasteiger charge is 2.27. The zero-order valence-corrected chi connectivity index (χ0v) is 19.4. The van der Waals surface area contributed by atoms with E-state index in [2.05, 4.69) is 11.1 Å². The average Bonchev–Trinajstić information content (AvgIpc) is 3.24. The number of likely N-dealkylation sites (tertiary alicyclic amines) is 1. The van der Waals surface area contributed by atoms with E-state index in [-0.39, 0.29) is 11.8 Å². The van der Waals surface area contributed by atoms with E-state index in [1.807, 2.05) is 59.2 Å². The second-order valence-electron chi connectivity index (χ2n) is 8.42. The van der Waals surface area contributed by atoms with Crippen LogP contribution in [-0.4, -0.2) is 45.5 Å². The normalized spacial score (nSPS) is 14.6. The Morgan fingerprint density at radius 2 is 1.85 bits per heavy atom. The maximum atomic E-state index is 12.9. The number of pyridine rings is 1. The molecule has 1 fully saturated rings. The number of halogens is 1. The van der Waals surface area contributed by atoms with Crippen LogP contribution >= 0.6 is 11.6 Å². The van der Waals surface area contributed by atoms with Gasteiger partial charge in [-0.05, 0) is 61.4 Å². The van der Waals surface area contributed by atoms with Gasteiger partial charge in [0.25, 0.3) is 5.91 Å². The third-order valence-corrected chi connectivity index (χ3v) is 6.60. The summed E-state index contributed by atoms with van der Waals surface area (Å²) in [5.74, 6) is 1.12. The summed E-state index contributed by atoms with van der Waals surface area (Å²) < 4.78 is 7.34. The molecule has 1 aliphatic rings. The van der Waals surface area contributed by atoms with Gasteiger partial charge in [-0.2, -0.15) is 0 Å². The second kappa shape index (κ2) is 8.87. The third kappa shape index (κ3) is 4.18. The second-order valence-corrected chi connectivity index (χ2v) is 8.86. The van der Waals surface area contributed by atoms with Gasteiger partial charge in [0.05, 0.1) is 24.6 Å². The fourth-order valence-electron chi connectivity index (χ4n) is 4.49. The maximum absolute atomic E-state index is 12.9. The van der Waals surface area contributed by atoms with Crippen LogP contribution in [0, 0.1) is 0 Å². The highest BCUT2D eigenvalue weighted by Crippen LogP contribution is 2.34. The summed E-state index contributed by atoms with van der Waals surface area (Å²) in [4.78, 5) is 24.5. The largest absolute Gasteiger partial charge is 0.497 e. The van der Waals surface area contributed by atoms with E-state index in [1.54, 1.807) is 19.2 Å². The van der Waals surface area contributed by atoms with E-state index < -0.39 is 0 Å². The van der Waals surface area contributed by atoms with Gasteiger partial charge >= 0.3 is 0 Å². The fraction of sp³-hybridized carbons (Fsp3) is 0.269. The lowest BCUT2D eigenvalue weighted by Gasteiger charge is -2.32. The number of methoxy groups -OCH3 is 1. The highest BCUT2D eigenvalue weighted by atomic mass is 35.5. The molecule has 3 heterocycles. The summed E-state index contributed by atoms with van der Waals surface area (Å²) in [6.07, 6.45) is 3.56. The Morgan fingerprint density at radius 3 is 2.55 bits per heavy atom. The topological polar surface area (TPSA) is 60.2 Å². The minimum atomic E-state index is 0.0323. The van der Waals surface area contributed by atoms with Gasteiger partial charge in [-0.1, -0.05) is 17.7 Å². The molecule has 0 bridgehead atoms. The van der Waals surface area contributed by atoms with Crippen LogP contribution in [-0.2, 0) is 7.05 Å². The van der Waals surface area contributed by atoms with Crippen molar-refractivity contribution in [3.8, 4) is 17.0 Å². The van der Waals surface area contributed by atoms with E-state index in [1.165, 1.54) is 0 Å². The molecule has 0 spiro atoms. The molecule has 0 saturated carbocycles. The molecule has 7 heteroatoms. The van der Waals surface area contributed by atoms with Crippen LogP contribution in [0.3, 0.4) is 0 Å². The predicted molar refractivity (Wildman–Crippen MR) is 130 cm³/mol. The summed E-state index contributed by atoms with van der Waals surface area (Å²) in [6.45, 7) is 1.39. The lowest BCUT2D eigenvalue weighted by molar-refractivity contribution is 0.0712. The molecule has 1 aliphatic heterocycles. The summed E-state index contributed by atoms with van der Waals surface area (Å²) in [5, 5.41) is 0.579. The van der Waals surface area contributed by atoms with E-state index in [4.69, 9.17) is 21.3 Å². The molecule has 6 nitrogen and oxygen atoms in total. The SMILES string of the molecule is COc1ccc(-c2nc(C3CCN(C(=O)c4cccc(Cl)c4)CC3)cc3c2ncn3C)cc1. The monoisotopic (exact) mass is 460 g/mol. The Labute approximate surface area is 197 Å². The minimum Gasteiger partial charge on any atom is -0.497 e. The summed E-state index contributed by atoms with van der Waals surface area (Å²) in [5.41, 5.74) is 5.52. The number of fused-ring (bicyclic) bond motifs is 1. The number of piperidine rings is 1. The number of amides is 1. The number of imidazole rings is 1. The van der Waals surface area contributed by atoms with Crippen LogP contribution in [0.2, 0.25) is 5.02 Å². The van der Waals surface area contributed by atoms with Gasteiger partial charge < -0.3 is 14.2 Å². The first-order valence-corrected chi connectivity index (χ1v) is 11.4. The molecule has 1 amide bonds. The molecule has 0 radical (unpaired) electrons. The Bertz CT molecular complexity index is 1310. The highest BCUT2D eigenvalue weighted by molar-refractivity contribution is 6.30. The van der Waals surface area contributed by atoms with E-state index in [0.717, 1.165) is 46.6 Å². The number of ether oxygens (including phenoxy) is 1. The molecule has 0 atom stereocenters. The number of benzene rings is 2. The van der Waals surface area contributed by atoms with E-state index in [0.29, 0.717) is 23.7 Å². The van der Waals surface area contributed by atoms with Gasteiger partial charge in [-0.3, -0.25) is 9.78 Å². The Morgan fingerprint density at radius 1 is 1.09 bits per heavy atom. The zero-order valence-electron chi connectivity index (χ0n) is 18.7. The van der Waals surface area contributed by atoms with Crippen LogP contribution in [0.15, 0.2) is 60.9 Å². The van der Waals surface area contributed by atoms with Crippen molar-refractivity contribution in [2.24, 2.45) is 7.05 Å². The molecule has 0 N–H and O–H groups in total. The van der Waals surface area contributed by atoms with Gasteiger partial charge in [0.2, 0.25) is 0 Å². The van der Waals surface area contributed by atoms with Crippen LogP contribution in [0.25, 0.3) is 22.3 Å². The Hall–Kier alpha value is -3.38. The van der Waals surface area contributed by atoms with Crippen molar-refractivity contribution >= 4 is 28.5 Å². The standard InChI is InChI=1S/C26H25ClN4O2/c1-30-16-28-25-23(30)15-22(29-24(25)18-6-8-21(33-2)9-7-18)17-10-12-31(13-11-17)26(32)19-4-3-5-20(27)14-19/h3-9,14-17H,10-13H2,1-2H3. The lowest BCUT2D eigenvalue weighted by atomic mass is 9.92. The minimum absolute atomic E-state index is 0.0323. The van der Waals surface area contributed by atoms with Gasteiger partial charge in [-0.15, -0.1) is 0 Å². The molecule has 5 rings (SSSR count). The number of aromatic nitrogens is 3. The van der Waals surface area contributed by atoms with Crippen LogP contribution < -0.4 is 4.74 Å². The fourth-order valence-corrected chi connectivity index (χ4v) is 4.68. The number of carbonyl (C=O) groups is 1. The van der Waals surface area contributed by atoms with Gasteiger partial charge in [0.15, 0.2) is 0 Å². The van der Waals surface area contributed by atoms with Gasteiger partial charge in [0.1, 0.15) is 11.3 Å². The van der Waals surface area contributed by atoms with Gasteiger partial charge in [0, 0.05) is 47.9 Å². The number of carbonyl (C=O) groups excluding carboxylic acids is 1. The number of nitrogens with zero attached hydrogens (tertiary/aromatic N) is 4. The molecule has 2 aromatic heterocycles. The predicted octanol–water partition coefficient (Wildman–Crippen LogP) is 5.32. The molecule has 168 valence electrons. The van der Waals surface area contributed by atoms with E-state index in [9.17, 15) is 4.79 Å². The lowest BCUT2D eigenvalue weighted by Crippen LogP contribution is -2.38. The maximum Gasteiger partial charge on any atom is 0.253 e. The van der Waals surface area contributed by atoms with E-state index >= 15 is 0 Å². The number of hydrogen-bond donors (Lipinski definition) is 0. The molecule has 0 aliphatic carbocycles. The molecule has 33 heavy (non-hydrogen) atoms. The molecular weight excluding hydrogens is 436 g/mol. The van der Waals surface area contributed by atoms with Crippen molar-refractivity contribution in [2.45, 2.75) is 18.8 Å². The quantitative estimate of drug-likeness (QED) is 0.413. The van der Waals surface area contributed by atoms with Crippen molar-refractivity contribution in [3.05, 3.63) is 77.2 Å². The summed E-state index contributed by atoms with van der Waals surface area (Å²) >= 11 is 6.07. The van der Waals surface area contributed by atoms with Gasteiger partial charge in [-0.25, -0.2) is 4.98 Å². The number of rotatable bonds is 4. The average molecular weight is 461 g/mol. The Kier molecular flexibility index (Phi) is 5.77. The Balaban J connectivity index is 1.41. The number of aryl methyl sites for hydroxylation is 1. The van der Waals surface area contributed by atoms with Crippen molar-refractivity contribution in [3.63, 3.8) is 0 Å². The first-order chi connectivity index (χ1) is 16.0. The molecule has 1 saturated heterocycles. The molecule has 0 unspecified atom stereocenters. The molecule has 2 aromatic carbocycles. The summed E-state index contributed by atoms with van der Waals surface area (Å²) in [7, 11) is 3.66. The van der Waals surface area contributed by atoms with Crippen molar-refractivity contribution < 1.29 is 9.53 Å². The van der Waals surface area contributed by atoms with Crippen molar-refractivity contribution in [1.82, 2.24) is 19.4 Å². The van der Waals surface area contributed by atoms with Crippen LogP contribution in [0.4, 0.5) is 0 Å².